The fraction of sp³-hybridized carbons (Fsp3) is 0.240. The monoisotopic (exact) mass is 541 g/mol. The van der Waals surface area contributed by atoms with Crippen LogP contribution in [0.5, 0.6) is 5.75 Å². The van der Waals surface area contributed by atoms with Crippen LogP contribution < -0.4 is 10.3 Å². The van der Waals surface area contributed by atoms with Gasteiger partial charge in [0.1, 0.15) is 27.9 Å². The van der Waals surface area contributed by atoms with Crippen molar-refractivity contribution in [1.82, 2.24) is 24.5 Å². The largest absolute Gasteiger partial charge is 0.464 e. The minimum absolute atomic E-state index is 0.205. The Morgan fingerprint density at radius 3 is 2.42 bits per heavy atom. The van der Waals surface area contributed by atoms with Gasteiger partial charge in [0.05, 0.1) is 23.3 Å². The average Bonchev–Trinajstić information content (AvgIpc) is 2.82. The fourth-order valence-electron chi connectivity index (χ4n) is 3.76. The molecule has 0 bridgehead atoms. The predicted molar refractivity (Wildman–Crippen MR) is 138 cm³/mol. The highest BCUT2D eigenvalue weighted by molar-refractivity contribution is 6.32. The summed E-state index contributed by atoms with van der Waals surface area (Å²) in [6.45, 7) is 6.50. The smallest absolute Gasteiger partial charge is 0.277 e. The lowest BCUT2D eigenvalue weighted by Gasteiger charge is -2.26. The Labute approximate surface area is 222 Å². The van der Waals surface area contributed by atoms with Gasteiger partial charge in [-0.05, 0) is 45.4 Å². The number of aromatic nitrogens is 5. The molecule has 0 saturated heterocycles. The maximum absolute atomic E-state index is 14.2. The molecule has 2 N–H and O–H groups in total. The molecule has 196 valence electrons. The van der Waals surface area contributed by atoms with Crippen LogP contribution in [0, 0.1) is 25.5 Å². The van der Waals surface area contributed by atoms with Crippen LogP contribution in [0.15, 0.2) is 47.7 Å². The summed E-state index contributed by atoms with van der Waals surface area (Å²) in [5.41, 5.74) is -2.57. The predicted octanol–water partition coefficient (Wildman–Crippen LogP) is 2.68. The van der Waals surface area contributed by atoms with Gasteiger partial charge in [-0.25, -0.2) is 23.7 Å². The summed E-state index contributed by atoms with van der Waals surface area (Å²) in [6.07, 6.45) is 3.80. The maximum atomic E-state index is 14.2. The Morgan fingerprint density at radius 1 is 1.05 bits per heavy atom. The first-order valence-corrected chi connectivity index (χ1v) is 11.7. The Bertz CT molecular complexity index is 1610. The lowest BCUT2D eigenvalue weighted by Crippen LogP contribution is -2.36. The van der Waals surface area contributed by atoms with E-state index < -0.39 is 34.2 Å². The van der Waals surface area contributed by atoms with E-state index in [1.54, 1.807) is 46.0 Å². The van der Waals surface area contributed by atoms with Crippen LogP contribution in [0.25, 0.3) is 17.1 Å². The third kappa shape index (κ3) is 5.28. The highest BCUT2D eigenvalue weighted by Gasteiger charge is 2.32. The van der Waals surface area contributed by atoms with Gasteiger partial charge in [0, 0.05) is 30.2 Å². The molecule has 4 rings (SSSR count). The van der Waals surface area contributed by atoms with Crippen LogP contribution >= 0.6 is 11.6 Å². The molecular weight excluding hydrogens is 519 g/mol. The summed E-state index contributed by atoms with van der Waals surface area (Å²) in [7, 11) is 1.09. The first kappa shape index (κ1) is 27.3. The summed E-state index contributed by atoms with van der Waals surface area (Å²) in [5.74, 6) is -2.08. The van der Waals surface area contributed by atoms with E-state index in [9.17, 15) is 23.8 Å². The van der Waals surface area contributed by atoms with Gasteiger partial charge in [-0.2, -0.15) is 0 Å². The summed E-state index contributed by atoms with van der Waals surface area (Å²) >= 11 is 6.35. The van der Waals surface area contributed by atoms with Crippen molar-refractivity contribution in [2.45, 2.75) is 39.0 Å². The third-order valence-corrected chi connectivity index (χ3v) is 5.98. The average molecular weight is 542 g/mol. The molecule has 4 aromatic rings. The second-order valence-electron chi connectivity index (χ2n) is 9.35. The molecule has 0 saturated carbocycles. The Balaban J connectivity index is 1.78. The number of hydrogen-bond donors (Lipinski definition) is 2. The minimum Gasteiger partial charge on any atom is -0.464 e. The van der Waals surface area contributed by atoms with Crippen molar-refractivity contribution < 1.29 is 23.7 Å². The molecule has 0 amide bonds. The standard InChI is InChI=1S/C25H23BClF2N5O4/c1-12-10-31-17(16-5-6-30-23(33-16)24(3,4)36)9-18(12)34-13(2)7-19(20(27)22(34)35)38-25(26,37)21-15(29)8-14(28)11-32-21/h5-11,36-37H,26H2,1-4H3. The molecule has 13 heteroatoms. The zero-order valence-electron chi connectivity index (χ0n) is 21.1. The molecule has 0 aliphatic rings. The number of pyridine rings is 3. The number of halogens is 3. The number of aliphatic hydroxyl groups is 2. The number of nitrogens with zero attached hydrogens (tertiary/aromatic N) is 5. The summed E-state index contributed by atoms with van der Waals surface area (Å²) in [5, 5.41) is 20.6. The van der Waals surface area contributed by atoms with Crippen LogP contribution in [0.3, 0.4) is 0 Å². The summed E-state index contributed by atoms with van der Waals surface area (Å²) < 4.78 is 34.3. The molecule has 4 aromatic heterocycles. The van der Waals surface area contributed by atoms with Crippen LogP contribution in [0.4, 0.5) is 8.78 Å². The summed E-state index contributed by atoms with van der Waals surface area (Å²) in [4.78, 5) is 29.9. The second-order valence-corrected chi connectivity index (χ2v) is 9.73. The van der Waals surface area contributed by atoms with Crippen LogP contribution in [0.2, 0.25) is 5.02 Å². The van der Waals surface area contributed by atoms with E-state index in [1.807, 2.05) is 0 Å². The van der Waals surface area contributed by atoms with Crippen molar-refractivity contribution in [3.63, 3.8) is 0 Å². The van der Waals surface area contributed by atoms with Gasteiger partial charge in [-0.1, -0.05) is 11.6 Å². The molecule has 0 radical (unpaired) electrons. The Kier molecular flexibility index (Phi) is 7.08. The first-order chi connectivity index (χ1) is 17.7. The topological polar surface area (TPSA) is 123 Å². The van der Waals surface area contributed by atoms with E-state index >= 15 is 0 Å². The highest BCUT2D eigenvalue weighted by atomic mass is 35.5. The Morgan fingerprint density at radius 2 is 1.76 bits per heavy atom. The van der Waals surface area contributed by atoms with Crippen molar-refractivity contribution >= 4 is 19.4 Å². The molecule has 9 nitrogen and oxygen atoms in total. The molecule has 1 unspecified atom stereocenters. The molecule has 38 heavy (non-hydrogen) atoms. The van der Waals surface area contributed by atoms with Gasteiger partial charge < -0.3 is 14.9 Å². The molecule has 4 heterocycles. The van der Waals surface area contributed by atoms with Gasteiger partial charge in [0.25, 0.3) is 5.56 Å². The molecule has 0 aliphatic carbocycles. The van der Waals surface area contributed by atoms with Gasteiger partial charge >= 0.3 is 0 Å². The lowest BCUT2D eigenvalue weighted by atomic mass is 9.90. The normalized spacial score (nSPS) is 13.3. The van der Waals surface area contributed by atoms with E-state index in [2.05, 4.69) is 19.9 Å². The SMILES string of the molecule is BC(O)(Oc1cc(C)n(-c2cc(-c3ccnc(C(C)(C)O)n3)ncc2C)c(=O)c1Cl)c1ncc(F)cc1F. The lowest BCUT2D eigenvalue weighted by molar-refractivity contribution is -0.0736. The van der Waals surface area contributed by atoms with Crippen molar-refractivity contribution in [2.24, 2.45) is 0 Å². The van der Waals surface area contributed by atoms with Crippen molar-refractivity contribution in [2.75, 3.05) is 0 Å². The number of rotatable bonds is 6. The number of hydrogen-bond acceptors (Lipinski definition) is 8. The van der Waals surface area contributed by atoms with Gasteiger partial charge in [0.15, 0.2) is 11.6 Å². The first-order valence-electron chi connectivity index (χ1n) is 11.4. The molecule has 1 atom stereocenters. The van der Waals surface area contributed by atoms with Gasteiger partial charge in [0.2, 0.25) is 13.5 Å². The second kappa shape index (κ2) is 9.86. The molecular formula is C25H23BClF2N5O4. The molecule has 0 spiro atoms. The van der Waals surface area contributed by atoms with E-state index in [4.69, 9.17) is 16.3 Å². The van der Waals surface area contributed by atoms with E-state index in [1.165, 1.54) is 16.8 Å². The van der Waals surface area contributed by atoms with Crippen LogP contribution in [-0.2, 0) is 11.3 Å². The van der Waals surface area contributed by atoms with Crippen molar-refractivity contribution in [1.29, 1.82) is 0 Å². The highest BCUT2D eigenvalue weighted by Crippen LogP contribution is 2.31. The number of ether oxygens (including phenoxy) is 1. The molecule has 0 fully saturated rings. The van der Waals surface area contributed by atoms with E-state index in [0.717, 1.165) is 14.0 Å². The Hall–Kier alpha value is -3.74. The maximum Gasteiger partial charge on any atom is 0.277 e. The zero-order chi connectivity index (χ0) is 28.0. The van der Waals surface area contributed by atoms with Gasteiger partial charge in [-0.3, -0.25) is 14.3 Å². The van der Waals surface area contributed by atoms with Crippen LogP contribution in [-0.4, -0.2) is 42.6 Å². The molecule has 0 aromatic carbocycles. The van der Waals surface area contributed by atoms with E-state index in [-0.39, 0.29) is 16.6 Å². The number of aryl methyl sites for hydroxylation is 2. The van der Waals surface area contributed by atoms with E-state index in [0.29, 0.717) is 34.4 Å². The zero-order valence-corrected chi connectivity index (χ0v) is 21.9. The quantitative estimate of drug-likeness (QED) is 0.282. The fourth-order valence-corrected chi connectivity index (χ4v) is 3.94. The third-order valence-electron chi connectivity index (χ3n) is 5.64. The van der Waals surface area contributed by atoms with Gasteiger partial charge in [-0.15, -0.1) is 0 Å². The van der Waals surface area contributed by atoms with Crippen molar-refractivity contribution in [3.05, 3.63) is 92.6 Å². The van der Waals surface area contributed by atoms with Crippen molar-refractivity contribution in [3.8, 4) is 22.8 Å². The van der Waals surface area contributed by atoms with Crippen LogP contribution in [0.1, 0.15) is 36.6 Å². The summed E-state index contributed by atoms with van der Waals surface area (Å²) in [6, 6.07) is 5.22. The molecule has 0 aliphatic heterocycles. The minimum atomic E-state index is -2.36.